The van der Waals surface area contributed by atoms with E-state index < -0.39 is 0 Å². The molecule has 0 aliphatic rings. The molecule has 108 valence electrons. The van der Waals surface area contributed by atoms with Crippen LogP contribution in [0.15, 0.2) is 28.8 Å². The maximum Gasteiger partial charge on any atom is 0.260 e. The summed E-state index contributed by atoms with van der Waals surface area (Å²) in [6.07, 6.45) is 1.81. The van der Waals surface area contributed by atoms with Crippen LogP contribution in [0.25, 0.3) is 11.5 Å². The van der Waals surface area contributed by atoms with E-state index in [1.807, 2.05) is 38.2 Å². The fourth-order valence-electron chi connectivity index (χ4n) is 2.11. The fraction of sp³-hybridized carbons (Fsp3) is 0.467. The normalized spacial score (nSPS) is 12.3. The van der Waals surface area contributed by atoms with Crippen LogP contribution < -0.4 is 5.32 Å². The number of hydrogen-bond acceptors (Lipinski definition) is 5. The molecule has 0 aliphatic carbocycles. The maximum atomic E-state index is 5.67. The quantitative estimate of drug-likeness (QED) is 0.835. The van der Waals surface area contributed by atoms with Gasteiger partial charge >= 0.3 is 0 Å². The largest absolute Gasteiger partial charge is 0.387 e. The zero-order valence-electron chi connectivity index (χ0n) is 12.2. The van der Waals surface area contributed by atoms with E-state index in [9.17, 15) is 0 Å². The highest BCUT2D eigenvalue weighted by atomic mass is 16.5. The first kappa shape index (κ1) is 14.5. The second-order valence-corrected chi connectivity index (χ2v) is 4.49. The van der Waals surface area contributed by atoms with Crippen LogP contribution in [0.4, 0.5) is 5.69 Å². The number of para-hydroxylation sites is 1. The maximum absolute atomic E-state index is 5.67. The lowest BCUT2D eigenvalue weighted by Gasteiger charge is -2.11. The van der Waals surface area contributed by atoms with Crippen LogP contribution in [0.5, 0.6) is 0 Å². The zero-order valence-corrected chi connectivity index (χ0v) is 12.2. The van der Waals surface area contributed by atoms with Gasteiger partial charge in [0, 0.05) is 19.3 Å². The van der Waals surface area contributed by atoms with Crippen molar-refractivity contribution < 1.29 is 9.26 Å². The highest BCUT2D eigenvalue weighted by Gasteiger charge is 2.19. The van der Waals surface area contributed by atoms with Crippen LogP contribution in [0.2, 0.25) is 0 Å². The van der Waals surface area contributed by atoms with Crippen molar-refractivity contribution in [3.8, 4) is 11.5 Å². The SMILES string of the molecule is CCCC(OCC)c1noc(-c2ccccc2NC)n1. The average molecular weight is 275 g/mol. The Morgan fingerprint density at radius 3 is 2.80 bits per heavy atom. The van der Waals surface area contributed by atoms with Crippen LogP contribution >= 0.6 is 0 Å². The van der Waals surface area contributed by atoms with Gasteiger partial charge in [-0.15, -0.1) is 0 Å². The van der Waals surface area contributed by atoms with Gasteiger partial charge in [0.05, 0.1) is 5.56 Å². The molecular formula is C15H21N3O2. The lowest BCUT2D eigenvalue weighted by molar-refractivity contribution is 0.0478. The van der Waals surface area contributed by atoms with Crippen molar-refractivity contribution in [2.24, 2.45) is 0 Å². The van der Waals surface area contributed by atoms with Crippen LogP contribution in [0.3, 0.4) is 0 Å². The first-order chi connectivity index (χ1) is 9.80. The minimum atomic E-state index is -0.0933. The molecular weight excluding hydrogens is 254 g/mol. The van der Waals surface area contributed by atoms with E-state index >= 15 is 0 Å². The Hall–Kier alpha value is -1.88. The van der Waals surface area contributed by atoms with E-state index in [2.05, 4.69) is 22.4 Å². The molecule has 0 aliphatic heterocycles. The molecule has 0 radical (unpaired) electrons. The van der Waals surface area contributed by atoms with E-state index in [0.29, 0.717) is 18.3 Å². The number of benzene rings is 1. The number of rotatable bonds is 7. The summed E-state index contributed by atoms with van der Waals surface area (Å²) in [5, 5.41) is 7.19. The van der Waals surface area contributed by atoms with Crippen molar-refractivity contribution in [3.63, 3.8) is 0 Å². The first-order valence-corrected chi connectivity index (χ1v) is 7.02. The molecule has 1 atom stereocenters. The summed E-state index contributed by atoms with van der Waals surface area (Å²) in [4.78, 5) is 4.48. The van der Waals surface area contributed by atoms with Gasteiger partial charge in [0.1, 0.15) is 6.10 Å². The molecule has 0 bridgehead atoms. The highest BCUT2D eigenvalue weighted by molar-refractivity contribution is 5.72. The van der Waals surface area contributed by atoms with Gasteiger partial charge in [-0.05, 0) is 25.5 Å². The second-order valence-electron chi connectivity index (χ2n) is 4.49. The molecule has 2 aromatic rings. The van der Waals surface area contributed by atoms with Gasteiger partial charge in [-0.2, -0.15) is 4.98 Å². The number of nitrogens with one attached hydrogen (secondary N) is 1. The van der Waals surface area contributed by atoms with Gasteiger partial charge in [-0.25, -0.2) is 0 Å². The predicted octanol–water partition coefficient (Wildman–Crippen LogP) is 3.66. The molecule has 1 unspecified atom stereocenters. The molecule has 2 rings (SSSR count). The third kappa shape index (κ3) is 3.17. The Labute approximate surface area is 119 Å². The second kappa shape index (κ2) is 7.05. The van der Waals surface area contributed by atoms with Crippen molar-refractivity contribution in [1.82, 2.24) is 10.1 Å². The molecule has 1 N–H and O–H groups in total. The summed E-state index contributed by atoms with van der Waals surface area (Å²) < 4.78 is 11.1. The van der Waals surface area contributed by atoms with Gasteiger partial charge in [0.15, 0.2) is 0 Å². The van der Waals surface area contributed by atoms with Gasteiger partial charge in [-0.3, -0.25) is 0 Å². The van der Waals surface area contributed by atoms with Crippen LogP contribution in [-0.4, -0.2) is 23.8 Å². The molecule has 1 heterocycles. The van der Waals surface area contributed by atoms with Gasteiger partial charge < -0.3 is 14.6 Å². The first-order valence-electron chi connectivity index (χ1n) is 7.02. The lowest BCUT2D eigenvalue weighted by Crippen LogP contribution is -2.06. The summed E-state index contributed by atoms with van der Waals surface area (Å²) in [5.74, 6) is 1.14. The number of aromatic nitrogens is 2. The molecule has 0 fully saturated rings. The number of hydrogen-bond donors (Lipinski definition) is 1. The molecule has 0 saturated carbocycles. The fourth-order valence-corrected chi connectivity index (χ4v) is 2.11. The highest BCUT2D eigenvalue weighted by Crippen LogP contribution is 2.28. The number of anilines is 1. The molecule has 0 amide bonds. The third-order valence-electron chi connectivity index (χ3n) is 3.08. The van der Waals surface area contributed by atoms with Crippen molar-refractivity contribution in [2.75, 3.05) is 19.0 Å². The van der Waals surface area contributed by atoms with Crippen molar-refractivity contribution in [2.45, 2.75) is 32.8 Å². The van der Waals surface area contributed by atoms with Gasteiger partial charge in [-0.1, -0.05) is 30.6 Å². The third-order valence-corrected chi connectivity index (χ3v) is 3.08. The number of nitrogens with zero attached hydrogens (tertiary/aromatic N) is 2. The summed E-state index contributed by atoms with van der Waals surface area (Å²) in [6, 6.07) is 7.85. The Morgan fingerprint density at radius 1 is 1.30 bits per heavy atom. The molecule has 1 aromatic heterocycles. The summed E-state index contributed by atoms with van der Waals surface area (Å²) in [6.45, 7) is 4.73. The smallest absolute Gasteiger partial charge is 0.260 e. The van der Waals surface area contributed by atoms with Crippen molar-refractivity contribution in [1.29, 1.82) is 0 Å². The van der Waals surface area contributed by atoms with Crippen molar-refractivity contribution >= 4 is 5.69 Å². The minimum absolute atomic E-state index is 0.0933. The molecule has 0 saturated heterocycles. The molecule has 0 spiro atoms. The van der Waals surface area contributed by atoms with E-state index in [1.54, 1.807) is 0 Å². The zero-order chi connectivity index (χ0) is 14.4. The van der Waals surface area contributed by atoms with Crippen LogP contribution in [0.1, 0.15) is 38.6 Å². The van der Waals surface area contributed by atoms with Gasteiger partial charge in [0.25, 0.3) is 5.89 Å². The number of ether oxygens (including phenoxy) is 1. The summed E-state index contributed by atoms with van der Waals surface area (Å²) in [5.41, 5.74) is 1.87. The Bertz CT molecular complexity index is 533. The molecule has 5 nitrogen and oxygen atoms in total. The standard InChI is InChI=1S/C15H21N3O2/c1-4-8-13(19-5-2)14-17-15(20-18-14)11-9-6-7-10-12(11)16-3/h6-7,9-10,13,16H,4-5,8H2,1-3H3. The van der Waals surface area contributed by atoms with E-state index in [4.69, 9.17) is 9.26 Å². The van der Waals surface area contributed by atoms with E-state index in [0.717, 1.165) is 24.1 Å². The van der Waals surface area contributed by atoms with Crippen LogP contribution in [-0.2, 0) is 4.74 Å². The molecule has 5 heteroatoms. The summed E-state index contributed by atoms with van der Waals surface area (Å²) >= 11 is 0. The summed E-state index contributed by atoms with van der Waals surface area (Å²) in [7, 11) is 1.87. The lowest BCUT2D eigenvalue weighted by atomic mass is 10.1. The van der Waals surface area contributed by atoms with Crippen molar-refractivity contribution in [3.05, 3.63) is 30.1 Å². The predicted molar refractivity (Wildman–Crippen MR) is 78.6 cm³/mol. The monoisotopic (exact) mass is 275 g/mol. The van der Waals surface area contributed by atoms with Gasteiger partial charge in [0.2, 0.25) is 5.82 Å². The molecule has 20 heavy (non-hydrogen) atoms. The average Bonchev–Trinajstić information content (AvgIpc) is 2.96. The topological polar surface area (TPSA) is 60.2 Å². The Morgan fingerprint density at radius 2 is 2.10 bits per heavy atom. The van der Waals surface area contributed by atoms with Crippen LogP contribution in [0, 0.1) is 0 Å². The minimum Gasteiger partial charge on any atom is -0.387 e. The molecule has 1 aromatic carbocycles. The Kier molecular flexibility index (Phi) is 5.12. The van der Waals surface area contributed by atoms with E-state index in [1.165, 1.54) is 0 Å². The van der Waals surface area contributed by atoms with E-state index in [-0.39, 0.29) is 6.10 Å². The Balaban J connectivity index is 2.27.